The second kappa shape index (κ2) is 46.3. The summed E-state index contributed by atoms with van der Waals surface area (Å²) in [6.45, 7) is 15.9. The number of nitrogens with zero attached hydrogens (tertiary/aromatic N) is 7. The van der Waals surface area contributed by atoms with Crippen LogP contribution in [0.4, 0.5) is 19.5 Å². The minimum absolute atomic E-state index is 0.0215. The number of fused-ring (bicyclic) bond motifs is 4. The van der Waals surface area contributed by atoms with E-state index in [-0.39, 0.29) is 92.7 Å². The number of methoxy groups -OCH3 is 1. The topological polar surface area (TPSA) is 591 Å². The molecule has 4 unspecified atom stereocenters. The van der Waals surface area contributed by atoms with E-state index >= 15 is 0 Å². The van der Waals surface area contributed by atoms with Crippen LogP contribution in [0.15, 0.2) is 133 Å². The summed E-state index contributed by atoms with van der Waals surface area (Å²) in [6.07, 6.45) is 0.211. The minimum Gasteiger partial charge on any atom is -0.536 e. The summed E-state index contributed by atoms with van der Waals surface area (Å²) in [7, 11) is -3.41. The maximum Gasteiger partial charge on any atom is 0.526 e. The molecule has 740 valence electrons. The van der Waals surface area contributed by atoms with Gasteiger partial charge in [0.1, 0.15) is 46.9 Å². The van der Waals surface area contributed by atoms with E-state index in [0.717, 1.165) is 77.3 Å². The number of nitrogen functional groups attached to an aromatic ring is 1. The molecule has 8 atom stereocenters. The van der Waals surface area contributed by atoms with Crippen molar-refractivity contribution < 1.29 is 141 Å². The number of carboxylic acids is 1. The molecule has 3 saturated heterocycles. The lowest BCUT2D eigenvalue weighted by Crippen LogP contribution is -2.60. The smallest absolute Gasteiger partial charge is 0.526 e. The molecule has 0 bridgehead atoms. The van der Waals surface area contributed by atoms with Gasteiger partial charge in [-0.05, 0) is 173 Å². The number of aliphatic carboxylic acids is 1. The number of thiazole rings is 1. The highest BCUT2D eigenvalue weighted by Gasteiger charge is 2.47. The van der Waals surface area contributed by atoms with Crippen molar-refractivity contribution in [2.75, 3.05) is 71.7 Å². The van der Waals surface area contributed by atoms with E-state index in [0.29, 0.717) is 84.5 Å². The van der Waals surface area contributed by atoms with Gasteiger partial charge in [0.25, 0.3) is 5.91 Å². The first-order valence-electron chi connectivity index (χ1n) is 45.6. The zero-order valence-electron chi connectivity index (χ0n) is 78.7. The molecule has 7 aliphatic heterocycles. The predicted octanol–water partition coefficient (Wildman–Crippen LogP) is 5.84. The third kappa shape index (κ3) is 24.7. The molecule has 7 aliphatic rings. The van der Waals surface area contributed by atoms with Crippen LogP contribution >= 0.6 is 11.3 Å². The van der Waals surface area contributed by atoms with Gasteiger partial charge in [0, 0.05) is 113 Å². The monoisotopic (exact) mass is 1960 g/mol. The molecule has 141 heavy (non-hydrogen) atoms. The highest BCUT2D eigenvalue weighted by atomic mass is 32.1. The van der Waals surface area contributed by atoms with E-state index < -0.39 is 188 Å². The molecule has 41 nitrogen and oxygen atoms in total. The standard InChI is InChI=1S/C27H32BN3O7.C25H28BN3O8.C22H22BN3O6S.C21H26BN3O8/c1-5-30-11-12-31(26(34)25(30)33)27(35)29-23(18-10-9-16(2)22(14-18)37-4)21(32)15-20-13-19-8-6-7-17(3)24(19)38-28(20)36;1-3-28-9-10-29(24(34)23(28)33)25(35)27-21(15-7-8-18(30)19(31)12-15)20(32)13-17-11-16-6-4-5-14(2)22(16)37-26(17)36;1-11-4-2-5-12-8-13(23(31)32-20(11)12)9-17(28)18(15-10-33-22(24)25-15)26-21(30)14-6-3-7-16(27)19(14)29;1-3-24-7-8-25(20(30)19(24)29)21(31)23-15(11-17(27)28)16(26)10-14-9-13-6-4-5-12(2)18(13)33-22(14)32/h6-10,14,20,23,36H,5,11-13,15H2,1-4H3,(H,29,35);4-8,12,17,21,30-31,36H,3,9-11,13H2,1-2H3,(H,27,35);2-7,10,13,18,27,29,31H,8-9H2,1H3,(H2,24,25)(H,26,30);4-6,14-15,32H,3,7-11H2,1-2H3,(H,23,31)(H,27,28)/t20-,23?;17-,21?;13-,18?;14-,15?/m1111/s1. The Balaban J connectivity index is 0.000000168. The number of benzene rings is 7. The third-order valence-electron chi connectivity index (χ3n) is 25.4. The average molecular weight is 1960 g/mol. The number of anilines is 1. The number of piperazine rings is 3. The van der Waals surface area contributed by atoms with Crippen molar-refractivity contribution in [2.45, 2.75) is 161 Å². The van der Waals surface area contributed by atoms with Crippen LogP contribution in [-0.2, 0) is 78.4 Å². The number of phenols is 4. The number of ether oxygens (including phenoxy) is 1. The second-order valence-corrected chi connectivity index (χ2v) is 35.8. The maximum absolute atomic E-state index is 13.7. The number of phenolic OH excluding ortho intramolecular Hbond substituents is 4. The fraction of sp³-hybridized carbons (Fsp3) is 0.368. The number of carbonyl (C=O) groups is 15. The predicted molar refractivity (Wildman–Crippen MR) is 510 cm³/mol. The van der Waals surface area contributed by atoms with E-state index in [1.54, 1.807) is 44.4 Å². The summed E-state index contributed by atoms with van der Waals surface area (Å²) < 4.78 is 28.0. The number of aromatic nitrogens is 1. The van der Waals surface area contributed by atoms with Gasteiger partial charge < -0.3 is 111 Å². The van der Waals surface area contributed by atoms with Crippen molar-refractivity contribution in [3.63, 3.8) is 0 Å². The molecule has 0 spiro atoms. The lowest BCUT2D eigenvalue weighted by Gasteiger charge is -2.33. The van der Waals surface area contributed by atoms with Gasteiger partial charge >= 0.3 is 88.0 Å². The first-order valence-corrected chi connectivity index (χ1v) is 46.5. The zero-order valence-corrected chi connectivity index (χ0v) is 79.5. The Morgan fingerprint density at radius 2 is 0.801 bits per heavy atom. The second-order valence-electron chi connectivity index (χ2n) is 34.9. The fourth-order valence-electron chi connectivity index (χ4n) is 17.5. The van der Waals surface area contributed by atoms with Crippen molar-refractivity contribution >= 4 is 133 Å². The number of ketones is 4. The SMILES string of the molecule is CCN1CCN(C(=O)NC(C(=O)C[C@H]2Cc3cccc(C)c3OB2O)c2ccc(C)c(OC)c2)C(=O)C1=O.CCN1CCN(C(=O)NC(C(=O)C[C@H]2Cc3cccc(C)c3OB2O)c2ccc(O)c(O)c2)C(=O)C1=O.CCN1CCN(C(=O)NC(CC(=O)O)C(=O)C[C@H]2Cc3cccc(C)c3OB2O)C(=O)C1=O.Cc1cccc2c1OB(O)[C@@H](CC(=O)C(NC(=O)c1cccc(O)c1O)c1csc(N)n1)C2. The van der Waals surface area contributed by atoms with Crippen molar-refractivity contribution in [3.8, 4) is 51.7 Å². The van der Waals surface area contributed by atoms with E-state index in [2.05, 4.69) is 26.3 Å². The Morgan fingerprint density at radius 1 is 0.440 bits per heavy atom. The largest absolute Gasteiger partial charge is 0.536 e. The number of rotatable bonds is 26. The van der Waals surface area contributed by atoms with Crippen molar-refractivity contribution in [1.29, 1.82) is 0 Å². The first kappa shape index (κ1) is 105. The highest BCUT2D eigenvalue weighted by molar-refractivity contribution is 7.13. The van der Waals surface area contributed by atoms with Crippen LogP contribution in [0.2, 0.25) is 23.3 Å². The third-order valence-corrected chi connectivity index (χ3v) is 26.1. The van der Waals surface area contributed by atoms with Gasteiger partial charge in [0.2, 0.25) is 0 Å². The number of carboxylic acid groups (broad SMARTS) is 1. The maximum atomic E-state index is 13.7. The summed E-state index contributed by atoms with van der Waals surface area (Å²) in [4.78, 5) is 201. The molecule has 7 aromatic carbocycles. The van der Waals surface area contributed by atoms with Gasteiger partial charge in [-0.2, -0.15) is 0 Å². The molecule has 46 heteroatoms. The van der Waals surface area contributed by atoms with Crippen molar-refractivity contribution in [2.24, 2.45) is 0 Å². The highest BCUT2D eigenvalue weighted by Crippen LogP contribution is 2.43. The summed E-state index contributed by atoms with van der Waals surface area (Å²) in [5.41, 5.74) is 14.2. The van der Waals surface area contributed by atoms with Crippen LogP contribution in [0.5, 0.6) is 51.7 Å². The molecule has 0 aliphatic carbocycles. The molecule has 1 aromatic heterocycles. The number of aromatic hydroxyl groups is 4. The molecular formula is C95H108B4N12O29S. The summed E-state index contributed by atoms with van der Waals surface area (Å²) in [5.74, 6) is -10.8. The van der Waals surface area contributed by atoms with Crippen molar-refractivity contribution in [3.05, 3.63) is 205 Å². The summed E-state index contributed by atoms with van der Waals surface area (Å²) >= 11 is 1.12. The number of aryl methyl sites for hydroxylation is 5. The Kier molecular flexibility index (Phi) is 34.5. The summed E-state index contributed by atoms with van der Waals surface area (Å²) in [6, 6.07) is 27.2. The number of hydrogen-bond acceptors (Lipinski definition) is 31. The zero-order chi connectivity index (χ0) is 102. The van der Waals surface area contributed by atoms with E-state index in [9.17, 15) is 118 Å². The number of amides is 13. The van der Waals surface area contributed by atoms with Gasteiger partial charge in [-0.3, -0.25) is 72.2 Å². The molecule has 0 radical (unpaired) electrons. The van der Waals surface area contributed by atoms with Crippen molar-refractivity contribution in [1.82, 2.24) is 55.7 Å². The van der Waals surface area contributed by atoms with Crippen LogP contribution in [0.3, 0.4) is 0 Å². The number of para-hydroxylation sites is 5. The molecule has 13 amide bonds. The number of Topliss-reactive ketones (excluding diaryl/α,β-unsaturated/α-hetero) is 4. The Morgan fingerprint density at radius 3 is 1.16 bits per heavy atom. The molecule has 15 N–H and O–H groups in total. The van der Waals surface area contributed by atoms with E-state index in [1.807, 2.05) is 107 Å². The van der Waals surface area contributed by atoms with Gasteiger partial charge in [-0.15, -0.1) is 11.3 Å². The number of hydrogen-bond donors (Lipinski definition) is 14. The van der Waals surface area contributed by atoms with Gasteiger partial charge in [0.05, 0.1) is 30.8 Å². The number of nitrogens with two attached hydrogens (primary N) is 1. The number of imide groups is 3. The lowest BCUT2D eigenvalue weighted by molar-refractivity contribution is -0.153. The minimum atomic E-state index is -1.44. The van der Waals surface area contributed by atoms with Crippen LogP contribution in [-0.4, -0.2) is 269 Å². The Bertz CT molecular complexity index is 6170. The van der Waals surface area contributed by atoms with Crippen LogP contribution in [0.1, 0.15) is 148 Å². The molecule has 15 rings (SSSR count). The first-order chi connectivity index (χ1) is 67.1. The van der Waals surface area contributed by atoms with Crippen LogP contribution in [0.25, 0.3) is 0 Å². The van der Waals surface area contributed by atoms with Crippen LogP contribution in [0, 0.1) is 34.6 Å². The molecule has 8 heterocycles. The summed E-state index contributed by atoms with van der Waals surface area (Å²) in [5, 5.41) is 103. The average Bonchev–Trinajstić information content (AvgIpc) is 1.78. The molecule has 3 fully saturated rings. The Labute approximate surface area is 815 Å². The fourth-order valence-corrected chi connectivity index (χ4v) is 18.1. The van der Waals surface area contributed by atoms with E-state index in [4.69, 9.17) is 29.1 Å². The van der Waals surface area contributed by atoms with Crippen LogP contribution < -0.4 is 50.4 Å². The molecule has 8 aromatic rings. The van der Waals surface area contributed by atoms with Gasteiger partial charge in [-0.1, -0.05) is 97.1 Å². The van der Waals surface area contributed by atoms with Gasteiger partial charge in [-0.25, -0.2) is 19.4 Å². The quantitative estimate of drug-likeness (QED) is 0.0172. The number of carbonyl (C=O) groups excluding carboxylic acids is 14. The number of nitrogens with one attached hydrogen (secondary N) is 4. The Hall–Kier alpha value is -14.9. The number of urea groups is 3. The molecule has 0 saturated carbocycles. The normalized spacial score (nSPS) is 17.8. The lowest BCUT2D eigenvalue weighted by atomic mass is 9.64. The van der Waals surface area contributed by atoms with E-state index in [1.165, 1.54) is 52.1 Å². The van der Waals surface area contributed by atoms with Gasteiger partial charge in [0.15, 0.2) is 51.3 Å². The molecular weight excluding hydrogens is 1850 g/mol. The number of likely N-dealkylation sites (N-methyl/N-ethyl adjacent to an activating group) is 3.